The van der Waals surface area contributed by atoms with Gasteiger partial charge in [0.2, 0.25) is 0 Å². The van der Waals surface area contributed by atoms with E-state index in [-0.39, 0.29) is 6.10 Å². The van der Waals surface area contributed by atoms with Crippen molar-refractivity contribution >= 4 is 5.82 Å². The third kappa shape index (κ3) is 2.38. The first-order valence-electron chi connectivity index (χ1n) is 7.17. The highest BCUT2D eigenvalue weighted by molar-refractivity contribution is 5.71. The number of aryl methyl sites for hydroxylation is 1. The molecule has 106 valence electrons. The minimum absolute atomic E-state index is 0.183. The number of nitrogens with two attached hydrogens (primary N) is 1. The lowest BCUT2D eigenvalue weighted by Gasteiger charge is -2.10. The molecule has 3 rings (SSSR count). The van der Waals surface area contributed by atoms with Gasteiger partial charge in [-0.1, -0.05) is 0 Å². The van der Waals surface area contributed by atoms with Crippen LogP contribution in [-0.2, 0) is 0 Å². The van der Waals surface area contributed by atoms with Gasteiger partial charge in [-0.2, -0.15) is 0 Å². The molecule has 4 heteroatoms. The summed E-state index contributed by atoms with van der Waals surface area (Å²) in [6.07, 6.45) is 2.60. The van der Waals surface area contributed by atoms with Crippen molar-refractivity contribution < 1.29 is 4.74 Å². The molecule has 0 bridgehead atoms. The van der Waals surface area contributed by atoms with Crippen molar-refractivity contribution in [1.82, 2.24) is 9.55 Å². The molecule has 1 aromatic carbocycles. The number of imidazole rings is 1. The maximum Gasteiger partial charge on any atom is 0.131 e. The number of hydrogen-bond donors (Lipinski definition) is 1. The highest BCUT2D eigenvalue weighted by Gasteiger charge is 2.28. The molecule has 2 aromatic rings. The first-order chi connectivity index (χ1) is 9.56. The standard InChI is InChI=1S/C16H21N3O/c1-10(2)20-14-8-4-12(5-9-14)15-16(17)19(11(3)18-15)13-6-7-13/h4-5,8-10,13H,6-7,17H2,1-3H3. The molecular formula is C16H21N3O. The quantitative estimate of drug-likeness (QED) is 0.925. The van der Waals surface area contributed by atoms with Crippen LogP contribution in [0.1, 0.15) is 38.6 Å². The van der Waals surface area contributed by atoms with Crippen LogP contribution in [0.4, 0.5) is 5.82 Å². The molecule has 0 radical (unpaired) electrons. The fourth-order valence-corrected chi connectivity index (χ4v) is 2.53. The van der Waals surface area contributed by atoms with Crippen molar-refractivity contribution in [2.45, 2.75) is 45.8 Å². The number of benzene rings is 1. The van der Waals surface area contributed by atoms with Crippen LogP contribution in [0, 0.1) is 6.92 Å². The van der Waals surface area contributed by atoms with E-state index in [4.69, 9.17) is 10.5 Å². The second-order valence-corrected chi connectivity index (χ2v) is 5.69. The van der Waals surface area contributed by atoms with Crippen LogP contribution in [-0.4, -0.2) is 15.7 Å². The lowest BCUT2D eigenvalue weighted by atomic mass is 10.1. The van der Waals surface area contributed by atoms with E-state index in [1.807, 2.05) is 45.0 Å². The van der Waals surface area contributed by atoms with Gasteiger partial charge in [0, 0.05) is 11.6 Å². The van der Waals surface area contributed by atoms with Crippen LogP contribution in [0.25, 0.3) is 11.3 Å². The molecule has 1 aromatic heterocycles. The van der Waals surface area contributed by atoms with Gasteiger partial charge < -0.3 is 15.0 Å². The topological polar surface area (TPSA) is 53.1 Å². The summed E-state index contributed by atoms with van der Waals surface area (Å²) in [6.45, 7) is 6.06. The van der Waals surface area contributed by atoms with Crippen molar-refractivity contribution in [2.75, 3.05) is 5.73 Å². The van der Waals surface area contributed by atoms with E-state index in [1.165, 1.54) is 12.8 Å². The van der Waals surface area contributed by atoms with Crippen LogP contribution >= 0.6 is 0 Å². The summed E-state index contributed by atoms with van der Waals surface area (Å²) in [4.78, 5) is 4.63. The zero-order chi connectivity index (χ0) is 14.3. The van der Waals surface area contributed by atoms with E-state index in [2.05, 4.69) is 9.55 Å². The van der Waals surface area contributed by atoms with Gasteiger partial charge in [-0.15, -0.1) is 0 Å². The van der Waals surface area contributed by atoms with E-state index in [1.54, 1.807) is 0 Å². The van der Waals surface area contributed by atoms with Gasteiger partial charge in [0.05, 0.1) is 6.10 Å². The monoisotopic (exact) mass is 271 g/mol. The number of anilines is 1. The molecule has 1 aliphatic carbocycles. The molecule has 2 N–H and O–H groups in total. The van der Waals surface area contributed by atoms with E-state index in [9.17, 15) is 0 Å². The SMILES string of the molecule is Cc1nc(-c2ccc(OC(C)C)cc2)c(N)n1C1CC1. The maximum atomic E-state index is 6.27. The summed E-state index contributed by atoms with van der Waals surface area (Å²) in [5.74, 6) is 2.66. The summed E-state index contributed by atoms with van der Waals surface area (Å²) >= 11 is 0. The number of nitrogen functional groups attached to an aromatic ring is 1. The summed E-state index contributed by atoms with van der Waals surface area (Å²) in [6, 6.07) is 8.54. The molecule has 1 aliphatic rings. The molecule has 20 heavy (non-hydrogen) atoms. The zero-order valence-electron chi connectivity index (χ0n) is 12.3. The van der Waals surface area contributed by atoms with Crippen LogP contribution in [0.15, 0.2) is 24.3 Å². The fraction of sp³-hybridized carbons (Fsp3) is 0.438. The number of rotatable bonds is 4. The summed E-state index contributed by atoms with van der Waals surface area (Å²) in [5, 5.41) is 0. The van der Waals surface area contributed by atoms with Crippen molar-refractivity contribution in [2.24, 2.45) is 0 Å². The second-order valence-electron chi connectivity index (χ2n) is 5.69. The first-order valence-corrected chi connectivity index (χ1v) is 7.17. The Balaban J connectivity index is 1.91. The van der Waals surface area contributed by atoms with Crippen molar-refractivity contribution in [3.8, 4) is 17.0 Å². The van der Waals surface area contributed by atoms with E-state index in [0.717, 1.165) is 28.6 Å². The molecule has 0 saturated heterocycles. The molecule has 4 nitrogen and oxygen atoms in total. The Bertz CT molecular complexity index is 609. The zero-order valence-corrected chi connectivity index (χ0v) is 12.3. The highest BCUT2D eigenvalue weighted by Crippen LogP contribution is 2.40. The third-order valence-electron chi connectivity index (χ3n) is 3.54. The van der Waals surface area contributed by atoms with E-state index >= 15 is 0 Å². The van der Waals surface area contributed by atoms with Crippen LogP contribution in [0.2, 0.25) is 0 Å². The van der Waals surface area contributed by atoms with Gasteiger partial charge in [-0.25, -0.2) is 4.98 Å². The van der Waals surface area contributed by atoms with Crippen molar-refractivity contribution in [3.63, 3.8) is 0 Å². The van der Waals surface area contributed by atoms with Gasteiger partial charge in [0.1, 0.15) is 23.1 Å². The smallest absolute Gasteiger partial charge is 0.131 e. The molecule has 0 unspecified atom stereocenters. The van der Waals surface area contributed by atoms with Gasteiger partial charge in [0.25, 0.3) is 0 Å². The minimum Gasteiger partial charge on any atom is -0.491 e. The normalized spacial score (nSPS) is 14.8. The van der Waals surface area contributed by atoms with Gasteiger partial charge in [0.15, 0.2) is 0 Å². The second kappa shape index (κ2) is 4.85. The first kappa shape index (κ1) is 13.0. The van der Waals surface area contributed by atoms with Crippen LogP contribution in [0.5, 0.6) is 5.75 Å². The van der Waals surface area contributed by atoms with E-state index in [0.29, 0.717) is 6.04 Å². The van der Waals surface area contributed by atoms with E-state index < -0.39 is 0 Å². The molecule has 0 amide bonds. The lowest BCUT2D eigenvalue weighted by Crippen LogP contribution is -2.05. The Kier molecular flexibility index (Phi) is 3.16. The predicted octanol–water partition coefficient (Wildman–Crippen LogP) is 3.56. The number of nitrogens with zero attached hydrogens (tertiary/aromatic N) is 2. The molecule has 1 heterocycles. The average Bonchev–Trinajstić information content (AvgIpc) is 3.17. The highest BCUT2D eigenvalue weighted by atomic mass is 16.5. The molecule has 0 atom stereocenters. The summed E-state index contributed by atoms with van der Waals surface area (Å²) in [5.41, 5.74) is 8.19. The number of ether oxygens (including phenoxy) is 1. The Hall–Kier alpha value is -1.97. The Morgan fingerprint density at radius 1 is 1.25 bits per heavy atom. The lowest BCUT2D eigenvalue weighted by molar-refractivity contribution is 0.242. The number of aromatic nitrogens is 2. The Morgan fingerprint density at radius 2 is 1.90 bits per heavy atom. The maximum absolute atomic E-state index is 6.27. The minimum atomic E-state index is 0.183. The van der Waals surface area contributed by atoms with Crippen molar-refractivity contribution in [3.05, 3.63) is 30.1 Å². The molecule has 1 fully saturated rings. The Labute approximate surface area is 119 Å². The summed E-state index contributed by atoms with van der Waals surface area (Å²) < 4.78 is 7.82. The predicted molar refractivity (Wildman–Crippen MR) is 80.8 cm³/mol. The molecule has 1 saturated carbocycles. The van der Waals surface area contributed by atoms with Crippen molar-refractivity contribution in [1.29, 1.82) is 0 Å². The van der Waals surface area contributed by atoms with Gasteiger partial charge >= 0.3 is 0 Å². The van der Waals surface area contributed by atoms with Crippen LogP contribution < -0.4 is 10.5 Å². The number of hydrogen-bond acceptors (Lipinski definition) is 3. The Morgan fingerprint density at radius 3 is 2.45 bits per heavy atom. The fourth-order valence-electron chi connectivity index (χ4n) is 2.53. The largest absolute Gasteiger partial charge is 0.491 e. The average molecular weight is 271 g/mol. The van der Waals surface area contributed by atoms with Gasteiger partial charge in [-0.3, -0.25) is 0 Å². The summed E-state index contributed by atoms with van der Waals surface area (Å²) in [7, 11) is 0. The third-order valence-corrected chi connectivity index (χ3v) is 3.54. The van der Waals surface area contributed by atoms with Crippen LogP contribution in [0.3, 0.4) is 0 Å². The molecule has 0 spiro atoms. The van der Waals surface area contributed by atoms with Gasteiger partial charge in [-0.05, 0) is 57.9 Å². The molecular weight excluding hydrogens is 250 g/mol. The molecule has 0 aliphatic heterocycles.